The molecule has 10 heavy (non-hydrogen) atoms. The minimum atomic E-state index is -1.80. The number of halogens is 1. The maximum absolute atomic E-state index is 13.1. The van der Waals surface area contributed by atoms with Crippen molar-refractivity contribution >= 4 is 0 Å². The first-order valence-corrected chi connectivity index (χ1v) is 3.51. The largest absolute Gasteiger partial charge is 0.393 e. The van der Waals surface area contributed by atoms with Crippen LogP contribution in [-0.4, -0.2) is 29.1 Å². The molecule has 0 amide bonds. The third-order valence-corrected chi connectivity index (χ3v) is 2.02. The lowest BCUT2D eigenvalue weighted by Crippen LogP contribution is -2.39. The normalized spacial score (nSPS) is 15.3. The monoisotopic (exact) mass is 150 g/mol. The van der Waals surface area contributed by atoms with Gasteiger partial charge in [-0.05, 0) is 5.92 Å². The smallest absolute Gasteiger partial charge is 0.159 e. The second-order valence-corrected chi connectivity index (χ2v) is 2.66. The van der Waals surface area contributed by atoms with Gasteiger partial charge in [-0.15, -0.1) is 0 Å². The van der Waals surface area contributed by atoms with E-state index in [9.17, 15) is 4.39 Å². The first-order chi connectivity index (χ1) is 4.60. The van der Waals surface area contributed by atoms with Crippen LogP contribution in [0.3, 0.4) is 0 Å². The van der Waals surface area contributed by atoms with E-state index >= 15 is 0 Å². The van der Waals surface area contributed by atoms with Crippen molar-refractivity contribution in [2.45, 2.75) is 25.9 Å². The second-order valence-electron chi connectivity index (χ2n) is 2.66. The van der Waals surface area contributed by atoms with Crippen molar-refractivity contribution in [3.05, 3.63) is 0 Å². The lowest BCUT2D eigenvalue weighted by Gasteiger charge is -2.26. The first-order valence-electron chi connectivity index (χ1n) is 3.51. The van der Waals surface area contributed by atoms with Gasteiger partial charge in [0, 0.05) is 0 Å². The molecule has 1 atom stereocenters. The highest BCUT2D eigenvalue weighted by Gasteiger charge is 2.33. The Morgan fingerprint density at radius 3 is 1.90 bits per heavy atom. The fourth-order valence-electron chi connectivity index (χ4n) is 0.728. The van der Waals surface area contributed by atoms with Crippen LogP contribution in [0.5, 0.6) is 0 Å². The van der Waals surface area contributed by atoms with Crippen LogP contribution in [0, 0.1) is 5.92 Å². The highest BCUT2D eigenvalue weighted by atomic mass is 19.1. The summed E-state index contributed by atoms with van der Waals surface area (Å²) in [5.41, 5.74) is -1.80. The van der Waals surface area contributed by atoms with E-state index in [4.69, 9.17) is 10.2 Å². The topological polar surface area (TPSA) is 40.5 Å². The van der Waals surface area contributed by atoms with Gasteiger partial charge in [-0.3, -0.25) is 0 Å². The van der Waals surface area contributed by atoms with E-state index in [-0.39, 0.29) is 5.92 Å². The van der Waals surface area contributed by atoms with Gasteiger partial charge < -0.3 is 10.2 Å². The molecule has 2 N–H and O–H groups in total. The van der Waals surface area contributed by atoms with Gasteiger partial charge in [0.05, 0.1) is 13.2 Å². The quantitative estimate of drug-likeness (QED) is 0.620. The number of rotatable bonds is 4. The molecule has 0 aromatic heterocycles. The lowest BCUT2D eigenvalue weighted by molar-refractivity contribution is -0.0251. The summed E-state index contributed by atoms with van der Waals surface area (Å²) in [6.45, 7) is 2.30. The molecule has 2 nitrogen and oxygen atoms in total. The molecule has 0 radical (unpaired) electrons. The van der Waals surface area contributed by atoms with Crippen molar-refractivity contribution < 1.29 is 14.6 Å². The average Bonchev–Trinajstić information content (AvgIpc) is 2.01. The minimum Gasteiger partial charge on any atom is -0.393 e. The van der Waals surface area contributed by atoms with Gasteiger partial charge in [-0.2, -0.15) is 0 Å². The zero-order valence-electron chi connectivity index (χ0n) is 6.47. The molecule has 0 spiro atoms. The molecule has 0 fully saturated rings. The van der Waals surface area contributed by atoms with E-state index in [1.807, 2.05) is 6.92 Å². The van der Waals surface area contributed by atoms with Gasteiger partial charge in [0.1, 0.15) is 0 Å². The van der Waals surface area contributed by atoms with E-state index in [0.29, 0.717) is 6.42 Å². The zero-order valence-corrected chi connectivity index (χ0v) is 6.47. The third-order valence-electron chi connectivity index (χ3n) is 2.02. The van der Waals surface area contributed by atoms with E-state index in [2.05, 4.69) is 0 Å². The molecular weight excluding hydrogens is 135 g/mol. The Bertz CT molecular complexity index is 91.6. The van der Waals surface area contributed by atoms with Crippen LogP contribution in [0.1, 0.15) is 20.3 Å². The second kappa shape index (κ2) is 3.88. The average molecular weight is 150 g/mol. The molecule has 1 unspecified atom stereocenters. The summed E-state index contributed by atoms with van der Waals surface area (Å²) in [6.07, 6.45) is 0.623. The molecule has 0 saturated heterocycles. The van der Waals surface area contributed by atoms with E-state index in [1.165, 1.54) is 0 Å². The van der Waals surface area contributed by atoms with E-state index in [0.717, 1.165) is 0 Å². The fraction of sp³-hybridized carbons (Fsp3) is 1.00. The molecule has 0 aliphatic rings. The minimum absolute atomic E-state index is 0.289. The molecule has 0 rings (SSSR count). The van der Waals surface area contributed by atoms with Gasteiger partial charge in [0.15, 0.2) is 5.67 Å². The molecular formula is C7H15FO2. The van der Waals surface area contributed by atoms with Crippen LogP contribution in [0.2, 0.25) is 0 Å². The van der Waals surface area contributed by atoms with Crippen LogP contribution in [0.4, 0.5) is 4.39 Å². The first kappa shape index (κ1) is 9.85. The molecule has 0 aromatic carbocycles. The Morgan fingerprint density at radius 1 is 1.40 bits per heavy atom. The number of alkyl halides is 1. The maximum Gasteiger partial charge on any atom is 0.159 e. The standard InChI is InChI=1S/C7H15FO2/c1-3-6(2)7(8,4-9)5-10/h6,9-10H,3-5H2,1-2H3. The van der Waals surface area contributed by atoms with Gasteiger partial charge in [0.2, 0.25) is 0 Å². The highest BCUT2D eigenvalue weighted by molar-refractivity contribution is 4.82. The number of hydrogen-bond acceptors (Lipinski definition) is 2. The number of aliphatic hydroxyl groups excluding tert-OH is 2. The van der Waals surface area contributed by atoms with Crippen molar-refractivity contribution in [2.75, 3.05) is 13.2 Å². The van der Waals surface area contributed by atoms with E-state index < -0.39 is 18.9 Å². The molecule has 0 heterocycles. The van der Waals surface area contributed by atoms with Gasteiger partial charge in [0.25, 0.3) is 0 Å². The molecule has 0 aliphatic carbocycles. The Morgan fingerprint density at radius 2 is 1.80 bits per heavy atom. The van der Waals surface area contributed by atoms with Crippen molar-refractivity contribution in [1.82, 2.24) is 0 Å². The Balaban J connectivity index is 4.02. The Kier molecular flexibility index (Phi) is 3.83. The third kappa shape index (κ3) is 1.92. The van der Waals surface area contributed by atoms with Crippen LogP contribution >= 0.6 is 0 Å². The lowest BCUT2D eigenvalue weighted by atomic mass is 9.90. The van der Waals surface area contributed by atoms with Crippen LogP contribution in [-0.2, 0) is 0 Å². The summed E-state index contributed by atoms with van der Waals surface area (Å²) in [4.78, 5) is 0. The van der Waals surface area contributed by atoms with Crippen molar-refractivity contribution in [3.8, 4) is 0 Å². The Hall–Kier alpha value is -0.150. The predicted molar refractivity (Wildman–Crippen MR) is 37.5 cm³/mol. The van der Waals surface area contributed by atoms with E-state index in [1.54, 1.807) is 6.92 Å². The highest BCUT2D eigenvalue weighted by Crippen LogP contribution is 2.23. The molecule has 62 valence electrons. The SMILES string of the molecule is CCC(C)C(F)(CO)CO. The summed E-state index contributed by atoms with van der Waals surface area (Å²) in [5.74, 6) is -0.289. The maximum atomic E-state index is 13.1. The Labute approximate surface area is 60.7 Å². The zero-order chi connectivity index (χ0) is 8.20. The number of hydrogen-bond donors (Lipinski definition) is 2. The molecule has 3 heteroatoms. The van der Waals surface area contributed by atoms with Crippen molar-refractivity contribution in [3.63, 3.8) is 0 Å². The molecule has 0 saturated carbocycles. The predicted octanol–water partition coefficient (Wildman–Crippen LogP) is 0.725. The number of aliphatic hydroxyl groups is 2. The summed E-state index contributed by atoms with van der Waals surface area (Å²) in [5, 5.41) is 17.1. The van der Waals surface area contributed by atoms with Gasteiger partial charge >= 0.3 is 0 Å². The van der Waals surface area contributed by atoms with Crippen LogP contribution in [0.15, 0.2) is 0 Å². The van der Waals surface area contributed by atoms with Crippen LogP contribution in [0.25, 0.3) is 0 Å². The summed E-state index contributed by atoms with van der Waals surface area (Å²) < 4.78 is 13.1. The van der Waals surface area contributed by atoms with Gasteiger partial charge in [-0.25, -0.2) is 4.39 Å². The summed E-state index contributed by atoms with van der Waals surface area (Å²) in [7, 11) is 0. The van der Waals surface area contributed by atoms with Gasteiger partial charge in [-0.1, -0.05) is 20.3 Å². The van der Waals surface area contributed by atoms with Crippen molar-refractivity contribution in [2.24, 2.45) is 5.92 Å². The molecule has 0 aromatic rings. The molecule has 0 aliphatic heterocycles. The van der Waals surface area contributed by atoms with Crippen LogP contribution < -0.4 is 0 Å². The summed E-state index contributed by atoms with van der Waals surface area (Å²) >= 11 is 0. The molecule has 0 bridgehead atoms. The summed E-state index contributed by atoms with van der Waals surface area (Å²) in [6, 6.07) is 0. The fourth-order valence-corrected chi connectivity index (χ4v) is 0.728. The van der Waals surface area contributed by atoms with Crippen molar-refractivity contribution in [1.29, 1.82) is 0 Å².